The number of benzene rings is 2. The first-order chi connectivity index (χ1) is 12.0. The Balaban J connectivity index is 1.86. The Morgan fingerprint density at radius 3 is 2.44 bits per heavy atom. The molecule has 2 heterocycles. The maximum Gasteiger partial charge on any atom is 0.217 e. The second-order valence-corrected chi connectivity index (χ2v) is 6.11. The summed E-state index contributed by atoms with van der Waals surface area (Å²) in [4.78, 5) is 8.45. The lowest BCUT2D eigenvalue weighted by Crippen LogP contribution is -2.06. The topological polar surface area (TPSA) is 35.6 Å². The van der Waals surface area contributed by atoms with Gasteiger partial charge in [0.1, 0.15) is 11.8 Å². The van der Waals surface area contributed by atoms with Crippen molar-refractivity contribution in [3.05, 3.63) is 53.9 Å². The van der Waals surface area contributed by atoms with Crippen LogP contribution in [0.15, 0.2) is 30.6 Å². The summed E-state index contributed by atoms with van der Waals surface area (Å²) in [6, 6.07) is 4.41. The van der Waals surface area contributed by atoms with Gasteiger partial charge in [0.25, 0.3) is 0 Å². The van der Waals surface area contributed by atoms with E-state index in [1.54, 1.807) is 4.57 Å². The Morgan fingerprint density at radius 1 is 0.920 bits per heavy atom. The zero-order valence-electron chi connectivity index (χ0n) is 12.7. The van der Waals surface area contributed by atoms with Crippen molar-refractivity contribution in [2.24, 2.45) is 0 Å². The molecule has 0 amide bonds. The molecule has 0 atom stereocenters. The lowest BCUT2D eigenvalue weighted by molar-refractivity contribution is 0.510. The Bertz CT molecular complexity index is 1160. The molecule has 2 aromatic heterocycles. The minimum Gasteiger partial charge on any atom is -0.304 e. The first-order valence-electron chi connectivity index (χ1n) is 7.73. The Hall–Kier alpha value is -2.90. The normalized spacial score (nSPS) is 14.7. The zero-order chi connectivity index (χ0) is 17.3. The van der Waals surface area contributed by atoms with Gasteiger partial charge in [0.2, 0.25) is 5.95 Å². The van der Waals surface area contributed by atoms with Crippen LogP contribution in [-0.4, -0.2) is 19.1 Å². The van der Waals surface area contributed by atoms with Gasteiger partial charge in [-0.25, -0.2) is 27.5 Å². The molecule has 1 aliphatic rings. The highest BCUT2D eigenvalue weighted by atomic mass is 19.2. The van der Waals surface area contributed by atoms with Crippen LogP contribution in [0.25, 0.3) is 28.0 Å². The largest absolute Gasteiger partial charge is 0.304 e. The van der Waals surface area contributed by atoms with Crippen LogP contribution in [0.4, 0.5) is 17.6 Å². The van der Waals surface area contributed by atoms with Gasteiger partial charge in [-0.1, -0.05) is 0 Å². The van der Waals surface area contributed by atoms with E-state index in [9.17, 15) is 17.6 Å². The second-order valence-electron chi connectivity index (χ2n) is 6.11. The maximum atomic E-state index is 14.4. The summed E-state index contributed by atoms with van der Waals surface area (Å²) in [7, 11) is 0. The van der Waals surface area contributed by atoms with Crippen LogP contribution in [-0.2, 0) is 0 Å². The zero-order valence-corrected chi connectivity index (χ0v) is 12.7. The second kappa shape index (κ2) is 4.81. The lowest BCUT2D eigenvalue weighted by Gasteiger charge is -2.09. The molecule has 0 bridgehead atoms. The smallest absolute Gasteiger partial charge is 0.217 e. The fourth-order valence-corrected chi connectivity index (χ4v) is 3.12. The molecule has 2 aromatic carbocycles. The van der Waals surface area contributed by atoms with Gasteiger partial charge in [0, 0.05) is 18.2 Å². The van der Waals surface area contributed by atoms with Gasteiger partial charge in [-0.15, -0.1) is 0 Å². The molecule has 25 heavy (non-hydrogen) atoms. The summed E-state index contributed by atoms with van der Waals surface area (Å²) < 4.78 is 58.2. The van der Waals surface area contributed by atoms with Crippen molar-refractivity contribution in [2.75, 3.05) is 0 Å². The Kier molecular flexibility index (Phi) is 2.78. The third-order valence-electron chi connectivity index (χ3n) is 4.44. The standard InChI is InChI=1S/C17H10F4N4/c18-9-3-4-12-16(15(9)21)25(8-1-2-8)17(23-12)24-7-22-13-5-10(19)11(20)6-14(13)24/h3-8H,1-2H2. The predicted molar refractivity (Wildman–Crippen MR) is 82.5 cm³/mol. The number of halogens is 4. The van der Waals surface area contributed by atoms with Crippen molar-refractivity contribution in [1.82, 2.24) is 19.1 Å². The highest BCUT2D eigenvalue weighted by Crippen LogP contribution is 2.41. The summed E-state index contributed by atoms with van der Waals surface area (Å²) in [6.45, 7) is 0. The summed E-state index contributed by atoms with van der Waals surface area (Å²) in [5.74, 6) is -3.63. The Labute approximate surface area is 138 Å². The van der Waals surface area contributed by atoms with Crippen LogP contribution < -0.4 is 0 Å². The average molecular weight is 346 g/mol. The van der Waals surface area contributed by atoms with Gasteiger partial charge in [-0.2, -0.15) is 0 Å². The number of hydrogen-bond donors (Lipinski definition) is 0. The van der Waals surface area contributed by atoms with E-state index < -0.39 is 23.3 Å². The molecule has 0 saturated heterocycles. The molecule has 4 nitrogen and oxygen atoms in total. The molecule has 1 fully saturated rings. The van der Waals surface area contributed by atoms with Crippen molar-refractivity contribution in [1.29, 1.82) is 0 Å². The molecule has 126 valence electrons. The first-order valence-corrected chi connectivity index (χ1v) is 7.73. The lowest BCUT2D eigenvalue weighted by atomic mass is 10.3. The van der Waals surface area contributed by atoms with E-state index in [1.807, 2.05) is 0 Å². The fourth-order valence-electron chi connectivity index (χ4n) is 3.12. The number of aromatic nitrogens is 4. The minimum absolute atomic E-state index is 0.0148. The summed E-state index contributed by atoms with van der Waals surface area (Å²) in [6.07, 6.45) is 2.99. The number of imidazole rings is 2. The van der Waals surface area contributed by atoms with E-state index in [0.717, 1.165) is 31.0 Å². The molecule has 8 heteroatoms. The highest BCUT2D eigenvalue weighted by Gasteiger charge is 2.31. The van der Waals surface area contributed by atoms with Crippen LogP contribution in [0.3, 0.4) is 0 Å². The van der Waals surface area contributed by atoms with Gasteiger partial charge in [0.05, 0.1) is 16.6 Å². The van der Waals surface area contributed by atoms with Crippen molar-refractivity contribution in [3.63, 3.8) is 0 Å². The van der Waals surface area contributed by atoms with Gasteiger partial charge in [-0.3, -0.25) is 4.57 Å². The van der Waals surface area contributed by atoms with Crippen molar-refractivity contribution < 1.29 is 17.6 Å². The molecular formula is C17H10F4N4. The summed E-state index contributed by atoms with van der Waals surface area (Å²) in [5.41, 5.74) is 0.920. The van der Waals surface area contributed by atoms with Crippen LogP contribution in [0, 0.1) is 23.3 Å². The monoisotopic (exact) mass is 346 g/mol. The Morgan fingerprint density at radius 2 is 1.68 bits per heavy atom. The average Bonchev–Trinajstić information content (AvgIpc) is 3.24. The van der Waals surface area contributed by atoms with E-state index >= 15 is 0 Å². The highest BCUT2D eigenvalue weighted by molar-refractivity contribution is 5.81. The molecule has 0 spiro atoms. The summed E-state index contributed by atoms with van der Waals surface area (Å²) in [5, 5.41) is 0. The molecule has 1 aliphatic carbocycles. The number of fused-ring (bicyclic) bond motifs is 2. The molecule has 5 rings (SSSR count). The van der Waals surface area contributed by atoms with E-state index in [0.29, 0.717) is 17.0 Å². The number of rotatable bonds is 2. The molecular weight excluding hydrogens is 336 g/mol. The van der Waals surface area contributed by atoms with E-state index in [2.05, 4.69) is 9.97 Å². The van der Waals surface area contributed by atoms with Crippen LogP contribution >= 0.6 is 0 Å². The third-order valence-corrected chi connectivity index (χ3v) is 4.44. The van der Waals surface area contributed by atoms with Crippen LogP contribution in [0.1, 0.15) is 18.9 Å². The number of hydrogen-bond acceptors (Lipinski definition) is 2. The quantitative estimate of drug-likeness (QED) is 0.508. The van der Waals surface area contributed by atoms with Gasteiger partial charge < -0.3 is 4.57 Å². The van der Waals surface area contributed by atoms with Gasteiger partial charge in [-0.05, 0) is 25.0 Å². The minimum atomic E-state index is -1.01. The van der Waals surface area contributed by atoms with E-state index in [1.165, 1.54) is 17.0 Å². The van der Waals surface area contributed by atoms with Crippen molar-refractivity contribution in [3.8, 4) is 5.95 Å². The molecule has 0 N–H and O–H groups in total. The first kappa shape index (κ1) is 14.4. The van der Waals surface area contributed by atoms with Gasteiger partial charge in [0.15, 0.2) is 23.3 Å². The fraction of sp³-hybridized carbons (Fsp3) is 0.176. The van der Waals surface area contributed by atoms with Crippen LogP contribution in [0.2, 0.25) is 0 Å². The van der Waals surface area contributed by atoms with Gasteiger partial charge >= 0.3 is 0 Å². The van der Waals surface area contributed by atoms with Crippen molar-refractivity contribution >= 4 is 22.1 Å². The van der Waals surface area contributed by atoms with E-state index in [-0.39, 0.29) is 17.1 Å². The maximum absolute atomic E-state index is 14.4. The predicted octanol–water partition coefficient (Wildman–Crippen LogP) is 4.27. The molecule has 1 saturated carbocycles. The SMILES string of the molecule is Fc1cc2ncn(-c3nc4ccc(F)c(F)c4n3C3CC3)c2cc1F. The van der Waals surface area contributed by atoms with Crippen LogP contribution in [0.5, 0.6) is 0 Å². The third kappa shape index (κ3) is 2.00. The van der Waals surface area contributed by atoms with Crippen molar-refractivity contribution in [2.45, 2.75) is 18.9 Å². The molecule has 4 aromatic rings. The molecule has 0 radical (unpaired) electrons. The summed E-state index contributed by atoms with van der Waals surface area (Å²) >= 11 is 0. The molecule has 0 unspecified atom stereocenters. The number of nitrogens with zero attached hydrogens (tertiary/aromatic N) is 4. The molecule has 0 aliphatic heterocycles. The van der Waals surface area contributed by atoms with E-state index in [4.69, 9.17) is 0 Å².